The van der Waals surface area contributed by atoms with E-state index in [1.54, 1.807) is 24.3 Å². The van der Waals surface area contributed by atoms with Gasteiger partial charge in [-0.3, -0.25) is 4.79 Å². The maximum absolute atomic E-state index is 13.1. The Hall–Kier alpha value is -2.55. The molecule has 0 aliphatic carbocycles. The van der Waals surface area contributed by atoms with Crippen molar-refractivity contribution in [1.82, 2.24) is 0 Å². The SMILES string of the molecule is C=C(C)c1ccccc1C(CC(C)C)C(=O)c1ccc(N=O)cc1. The molecular formula is C21H23NO2. The van der Waals surface area contributed by atoms with E-state index >= 15 is 0 Å². The van der Waals surface area contributed by atoms with Crippen molar-refractivity contribution in [3.8, 4) is 0 Å². The summed E-state index contributed by atoms with van der Waals surface area (Å²) in [7, 11) is 0. The molecule has 0 saturated heterocycles. The van der Waals surface area contributed by atoms with Crippen molar-refractivity contribution in [3.05, 3.63) is 76.7 Å². The Morgan fingerprint density at radius 2 is 1.71 bits per heavy atom. The van der Waals surface area contributed by atoms with Crippen LogP contribution in [0.4, 0.5) is 5.69 Å². The van der Waals surface area contributed by atoms with Crippen molar-refractivity contribution in [2.24, 2.45) is 11.1 Å². The lowest BCUT2D eigenvalue weighted by molar-refractivity contribution is 0.0948. The van der Waals surface area contributed by atoms with Crippen molar-refractivity contribution in [2.75, 3.05) is 0 Å². The van der Waals surface area contributed by atoms with Crippen LogP contribution in [0.1, 0.15) is 54.6 Å². The highest BCUT2D eigenvalue weighted by molar-refractivity contribution is 6.01. The number of Topliss-reactive ketones (excluding diaryl/α,β-unsaturated/α-hetero) is 1. The molecule has 2 rings (SSSR count). The highest BCUT2D eigenvalue weighted by atomic mass is 16.3. The molecule has 0 spiro atoms. The highest BCUT2D eigenvalue weighted by Crippen LogP contribution is 2.33. The number of nitroso groups, excluding NO2 is 1. The van der Waals surface area contributed by atoms with Crippen LogP contribution in [0.15, 0.2) is 60.3 Å². The third kappa shape index (κ3) is 4.05. The summed E-state index contributed by atoms with van der Waals surface area (Å²) in [4.78, 5) is 23.7. The molecule has 0 aromatic heterocycles. The zero-order chi connectivity index (χ0) is 17.7. The van der Waals surface area contributed by atoms with E-state index in [9.17, 15) is 9.70 Å². The molecule has 0 radical (unpaired) electrons. The first-order chi connectivity index (χ1) is 11.4. The van der Waals surface area contributed by atoms with E-state index in [0.29, 0.717) is 17.2 Å². The minimum Gasteiger partial charge on any atom is -0.293 e. The van der Waals surface area contributed by atoms with Crippen molar-refractivity contribution < 1.29 is 4.79 Å². The average molecular weight is 321 g/mol. The van der Waals surface area contributed by atoms with Gasteiger partial charge in [-0.15, -0.1) is 4.91 Å². The van der Waals surface area contributed by atoms with Crippen LogP contribution >= 0.6 is 0 Å². The molecule has 24 heavy (non-hydrogen) atoms. The number of carbonyl (C=O) groups is 1. The van der Waals surface area contributed by atoms with Crippen molar-refractivity contribution in [2.45, 2.75) is 33.1 Å². The fraction of sp³-hybridized carbons (Fsp3) is 0.286. The van der Waals surface area contributed by atoms with Gasteiger partial charge in [-0.2, -0.15) is 0 Å². The van der Waals surface area contributed by atoms with E-state index in [4.69, 9.17) is 0 Å². The quantitative estimate of drug-likeness (QED) is 0.455. The molecular weight excluding hydrogens is 298 g/mol. The molecule has 0 aliphatic rings. The van der Waals surface area contributed by atoms with Crippen LogP contribution in [0, 0.1) is 10.8 Å². The molecule has 0 N–H and O–H groups in total. The molecule has 1 atom stereocenters. The fourth-order valence-corrected chi connectivity index (χ4v) is 2.92. The lowest BCUT2D eigenvalue weighted by Crippen LogP contribution is -2.16. The second-order valence-corrected chi connectivity index (χ2v) is 6.55. The van der Waals surface area contributed by atoms with Crippen LogP contribution in [0.3, 0.4) is 0 Å². The standard InChI is InChI=1S/C21H23NO2/c1-14(2)13-20(19-8-6-5-7-18(19)15(3)4)21(23)16-9-11-17(22-24)12-10-16/h5-12,14,20H,3,13H2,1-2,4H3. The molecule has 2 aromatic carbocycles. The van der Waals surface area contributed by atoms with Gasteiger partial charge in [0.2, 0.25) is 0 Å². The predicted molar refractivity (Wildman–Crippen MR) is 99.6 cm³/mol. The van der Waals surface area contributed by atoms with Gasteiger partial charge in [-0.25, -0.2) is 0 Å². The number of allylic oxidation sites excluding steroid dienone is 1. The molecule has 0 bridgehead atoms. The van der Waals surface area contributed by atoms with Crippen LogP contribution in [-0.4, -0.2) is 5.78 Å². The summed E-state index contributed by atoms with van der Waals surface area (Å²) in [5.41, 5.74) is 3.93. The summed E-state index contributed by atoms with van der Waals surface area (Å²) in [5, 5.41) is 2.89. The minimum atomic E-state index is -0.229. The molecule has 3 nitrogen and oxygen atoms in total. The molecule has 0 saturated carbocycles. The number of hydrogen-bond donors (Lipinski definition) is 0. The highest BCUT2D eigenvalue weighted by Gasteiger charge is 2.25. The molecule has 0 aliphatic heterocycles. The van der Waals surface area contributed by atoms with E-state index in [1.807, 2.05) is 31.2 Å². The molecule has 0 heterocycles. The zero-order valence-electron chi connectivity index (χ0n) is 14.5. The van der Waals surface area contributed by atoms with Crippen LogP contribution in [0.2, 0.25) is 0 Å². The van der Waals surface area contributed by atoms with Gasteiger partial charge in [0, 0.05) is 11.5 Å². The van der Waals surface area contributed by atoms with Crippen LogP contribution in [0.5, 0.6) is 0 Å². The van der Waals surface area contributed by atoms with Crippen molar-refractivity contribution >= 4 is 17.0 Å². The van der Waals surface area contributed by atoms with Gasteiger partial charge < -0.3 is 0 Å². The Balaban J connectivity index is 2.46. The monoisotopic (exact) mass is 321 g/mol. The van der Waals surface area contributed by atoms with E-state index in [0.717, 1.165) is 23.1 Å². The summed E-state index contributed by atoms with van der Waals surface area (Å²) in [5.74, 6) is 0.218. The summed E-state index contributed by atoms with van der Waals surface area (Å²) in [6.45, 7) is 10.2. The molecule has 124 valence electrons. The number of benzene rings is 2. The average Bonchev–Trinajstić information content (AvgIpc) is 2.59. The van der Waals surface area contributed by atoms with Gasteiger partial charge in [0.15, 0.2) is 5.78 Å². The first kappa shape index (κ1) is 17.8. The minimum absolute atomic E-state index is 0.0647. The van der Waals surface area contributed by atoms with Crippen LogP contribution in [-0.2, 0) is 0 Å². The fourth-order valence-electron chi connectivity index (χ4n) is 2.92. The van der Waals surface area contributed by atoms with Gasteiger partial charge in [0.05, 0.1) is 0 Å². The van der Waals surface area contributed by atoms with Gasteiger partial charge in [0.25, 0.3) is 0 Å². The van der Waals surface area contributed by atoms with E-state index in [2.05, 4.69) is 25.6 Å². The van der Waals surface area contributed by atoms with E-state index < -0.39 is 0 Å². The third-order valence-corrected chi connectivity index (χ3v) is 4.08. The first-order valence-corrected chi connectivity index (χ1v) is 8.16. The smallest absolute Gasteiger partial charge is 0.170 e. The zero-order valence-corrected chi connectivity index (χ0v) is 14.5. The Morgan fingerprint density at radius 1 is 1.08 bits per heavy atom. The predicted octanol–water partition coefficient (Wildman–Crippen LogP) is 6.13. The summed E-state index contributed by atoms with van der Waals surface area (Å²) in [6, 6.07) is 14.5. The number of hydrogen-bond acceptors (Lipinski definition) is 3. The Morgan fingerprint density at radius 3 is 2.25 bits per heavy atom. The van der Waals surface area contributed by atoms with Gasteiger partial charge in [0.1, 0.15) is 5.69 Å². The van der Waals surface area contributed by atoms with Crippen LogP contribution in [0.25, 0.3) is 5.57 Å². The molecule has 0 fully saturated rings. The van der Waals surface area contributed by atoms with E-state index in [1.165, 1.54) is 0 Å². The maximum atomic E-state index is 13.1. The Kier molecular flexibility index (Phi) is 5.80. The van der Waals surface area contributed by atoms with Crippen molar-refractivity contribution in [1.29, 1.82) is 0 Å². The second-order valence-electron chi connectivity index (χ2n) is 6.55. The largest absolute Gasteiger partial charge is 0.293 e. The lowest BCUT2D eigenvalue weighted by atomic mass is 9.81. The van der Waals surface area contributed by atoms with Gasteiger partial charge >= 0.3 is 0 Å². The van der Waals surface area contributed by atoms with Gasteiger partial charge in [-0.05, 0) is 59.8 Å². The second kappa shape index (κ2) is 7.82. The topological polar surface area (TPSA) is 46.5 Å². The summed E-state index contributed by atoms with van der Waals surface area (Å²) in [6.07, 6.45) is 0.761. The Bertz CT molecular complexity index is 745. The van der Waals surface area contributed by atoms with E-state index in [-0.39, 0.29) is 11.7 Å². The Labute approximate surface area is 143 Å². The third-order valence-electron chi connectivity index (χ3n) is 4.08. The number of nitrogens with zero attached hydrogens (tertiary/aromatic N) is 1. The number of ketones is 1. The molecule has 1 unspecified atom stereocenters. The molecule has 3 heteroatoms. The first-order valence-electron chi connectivity index (χ1n) is 8.16. The normalized spacial score (nSPS) is 12.0. The number of carbonyl (C=O) groups excluding carboxylic acids is 1. The van der Waals surface area contributed by atoms with Crippen molar-refractivity contribution in [3.63, 3.8) is 0 Å². The summed E-state index contributed by atoms with van der Waals surface area (Å²) < 4.78 is 0. The lowest BCUT2D eigenvalue weighted by Gasteiger charge is -2.21. The summed E-state index contributed by atoms with van der Waals surface area (Å²) >= 11 is 0. The molecule has 0 amide bonds. The number of rotatable bonds is 7. The van der Waals surface area contributed by atoms with Gasteiger partial charge in [-0.1, -0.05) is 50.3 Å². The maximum Gasteiger partial charge on any atom is 0.170 e. The molecule has 2 aromatic rings. The van der Waals surface area contributed by atoms with Crippen LogP contribution < -0.4 is 0 Å².